The van der Waals surface area contributed by atoms with Gasteiger partial charge in [-0.2, -0.15) is 0 Å². The van der Waals surface area contributed by atoms with Crippen LogP contribution in [0, 0.1) is 0 Å². The van der Waals surface area contributed by atoms with E-state index in [1.165, 1.54) is 12.1 Å². The molecule has 0 aliphatic rings. The number of amides is 1. The number of ether oxygens (including phenoxy) is 3. The van der Waals surface area contributed by atoms with Crippen molar-refractivity contribution in [1.82, 2.24) is 5.32 Å². The molecule has 0 atom stereocenters. The normalized spacial score (nSPS) is 11.1. The standard InChI is InChI=1S/C27H32N2O6S/c1-5-34-23-14-12-22(13-15-23)29(36(31,32)24-9-7-6-8-10-24)19-27(30)28-18-21-11-16-25(35-20(2)3)26(17-21)33-4/h6-17,20H,5,18-19H2,1-4H3,(H,28,30). The molecule has 0 aromatic heterocycles. The molecule has 0 saturated heterocycles. The number of carbonyl (C=O) groups excluding carboxylic acids is 1. The maximum absolute atomic E-state index is 13.4. The zero-order valence-corrected chi connectivity index (χ0v) is 21.7. The van der Waals surface area contributed by atoms with E-state index in [9.17, 15) is 13.2 Å². The first kappa shape index (κ1) is 26.9. The van der Waals surface area contributed by atoms with Gasteiger partial charge in [-0.15, -0.1) is 0 Å². The van der Waals surface area contributed by atoms with Crippen molar-refractivity contribution in [2.24, 2.45) is 0 Å². The third kappa shape index (κ3) is 6.91. The van der Waals surface area contributed by atoms with Crippen LogP contribution in [0.1, 0.15) is 26.3 Å². The van der Waals surface area contributed by atoms with Crippen molar-refractivity contribution in [2.45, 2.75) is 38.3 Å². The fourth-order valence-corrected chi connectivity index (χ4v) is 4.91. The van der Waals surface area contributed by atoms with Crippen LogP contribution in [0.5, 0.6) is 17.2 Å². The summed E-state index contributed by atoms with van der Waals surface area (Å²) in [5.74, 6) is 1.32. The third-order valence-corrected chi connectivity index (χ3v) is 6.92. The number of carbonyl (C=O) groups is 1. The first-order chi connectivity index (χ1) is 17.2. The molecule has 0 spiro atoms. The minimum Gasteiger partial charge on any atom is -0.494 e. The van der Waals surface area contributed by atoms with Crippen LogP contribution in [-0.4, -0.2) is 40.7 Å². The Morgan fingerprint density at radius 3 is 2.28 bits per heavy atom. The van der Waals surface area contributed by atoms with Gasteiger partial charge in [0, 0.05) is 6.54 Å². The van der Waals surface area contributed by atoms with Crippen LogP contribution in [0.2, 0.25) is 0 Å². The van der Waals surface area contributed by atoms with Crippen molar-refractivity contribution >= 4 is 21.6 Å². The van der Waals surface area contributed by atoms with Gasteiger partial charge >= 0.3 is 0 Å². The largest absolute Gasteiger partial charge is 0.494 e. The molecule has 36 heavy (non-hydrogen) atoms. The number of benzene rings is 3. The monoisotopic (exact) mass is 512 g/mol. The molecule has 0 unspecified atom stereocenters. The van der Waals surface area contributed by atoms with E-state index in [0.29, 0.717) is 29.5 Å². The number of sulfonamides is 1. The Kier molecular flexibility index (Phi) is 9.19. The molecule has 1 N–H and O–H groups in total. The highest BCUT2D eigenvalue weighted by atomic mass is 32.2. The fraction of sp³-hybridized carbons (Fsp3) is 0.296. The molecule has 0 radical (unpaired) electrons. The van der Waals surface area contributed by atoms with Crippen LogP contribution in [0.25, 0.3) is 0 Å². The summed E-state index contributed by atoms with van der Waals surface area (Å²) in [6.45, 7) is 6.00. The van der Waals surface area contributed by atoms with Crippen LogP contribution in [0.3, 0.4) is 0 Å². The van der Waals surface area contributed by atoms with Gasteiger partial charge in [-0.3, -0.25) is 9.10 Å². The average molecular weight is 513 g/mol. The maximum Gasteiger partial charge on any atom is 0.264 e. The Morgan fingerprint density at radius 2 is 1.67 bits per heavy atom. The predicted octanol–water partition coefficient (Wildman–Crippen LogP) is 4.39. The topological polar surface area (TPSA) is 94.2 Å². The molecule has 0 saturated carbocycles. The minimum absolute atomic E-state index is 0.00963. The van der Waals surface area contributed by atoms with E-state index in [1.54, 1.807) is 61.7 Å². The summed E-state index contributed by atoms with van der Waals surface area (Å²) in [5.41, 5.74) is 1.14. The maximum atomic E-state index is 13.4. The zero-order chi connectivity index (χ0) is 26.1. The first-order valence-corrected chi connectivity index (χ1v) is 13.1. The lowest BCUT2D eigenvalue weighted by Gasteiger charge is -2.24. The highest BCUT2D eigenvalue weighted by Crippen LogP contribution is 2.29. The second-order valence-electron chi connectivity index (χ2n) is 8.18. The van der Waals surface area contributed by atoms with Crippen LogP contribution in [-0.2, 0) is 21.4 Å². The van der Waals surface area contributed by atoms with Gasteiger partial charge in [-0.25, -0.2) is 8.42 Å². The minimum atomic E-state index is -3.99. The molecule has 0 bridgehead atoms. The van der Waals surface area contributed by atoms with Crippen molar-refractivity contribution in [1.29, 1.82) is 0 Å². The number of nitrogens with one attached hydrogen (secondary N) is 1. The average Bonchev–Trinajstić information content (AvgIpc) is 2.87. The number of anilines is 1. The Labute approximate surface area is 212 Å². The lowest BCUT2D eigenvalue weighted by molar-refractivity contribution is -0.119. The summed E-state index contributed by atoms with van der Waals surface area (Å²) in [4.78, 5) is 13.0. The fourth-order valence-electron chi connectivity index (χ4n) is 3.47. The van der Waals surface area contributed by atoms with E-state index in [-0.39, 0.29) is 17.5 Å². The summed E-state index contributed by atoms with van der Waals surface area (Å²) in [5, 5.41) is 2.80. The van der Waals surface area contributed by atoms with Gasteiger partial charge in [0.25, 0.3) is 10.0 Å². The second kappa shape index (κ2) is 12.3. The van der Waals surface area contributed by atoms with Gasteiger partial charge in [0.05, 0.1) is 30.4 Å². The zero-order valence-electron chi connectivity index (χ0n) is 20.9. The number of hydrogen-bond donors (Lipinski definition) is 1. The molecule has 0 heterocycles. The molecule has 0 fully saturated rings. The van der Waals surface area contributed by atoms with Crippen LogP contribution in [0.15, 0.2) is 77.7 Å². The molecule has 3 rings (SSSR count). The highest BCUT2D eigenvalue weighted by Gasteiger charge is 2.27. The SMILES string of the molecule is CCOc1ccc(N(CC(=O)NCc2ccc(OC(C)C)c(OC)c2)S(=O)(=O)c2ccccc2)cc1. The first-order valence-electron chi connectivity index (χ1n) is 11.7. The molecular formula is C27H32N2O6S. The molecule has 3 aromatic carbocycles. The van der Waals surface area contributed by atoms with Gasteiger partial charge in [-0.1, -0.05) is 24.3 Å². The second-order valence-corrected chi connectivity index (χ2v) is 10.0. The van der Waals surface area contributed by atoms with Crippen molar-refractivity contribution < 1.29 is 27.4 Å². The van der Waals surface area contributed by atoms with Crippen LogP contribution >= 0.6 is 0 Å². The van der Waals surface area contributed by atoms with E-state index in [4.69, 9.17) is 14.2 Å². The lowest BCUT2D eigenvalue weighted by Crippen LogP contribution is -2.40. The molecule has 8 nitrogen and oxygen atoms in total. The Balaban J connectivity index is 1.79. The Hall–Kier alpha value is -3.72. The molecular weight excluding hydrogens is 480 g/mol. The van der Waals surface area contributed by atoms with E-state index < -0.39 is 22.5 Å². The summed E-state index contributed by atoms with van der Waals surface area (Å²) in [6, 6.07) is 20.0. The van der Waals surface area contributed by atoms with Crippen LogP contribution < -0.4 is 23.8 Å². The molecule has 9 heteroatoms. The van der Waals surface area contributed by atoms with E-state index in [0.717, 1.165) is 9.87 Å². The summed E-state index contributed by atoms with van der Waals surface area (Å²) in [7, 11) is -2.44. The smallest absolute Gasteiger partial charge is 0.264 e. The number of methoxy groups -OCH3 is 1. The lowest BCUT2D eigenvalue weighted by atomic mass is 10.2. The van der Waals surface area contributed by atoms with Crippen molar-refractivity contribution in [2.75, 3.05) is 24.6 Å². The molecule has 1 amide bonds. The van der Waals surface area contributed by atoms with Crippen molar-refractivity contribution in [3.8, 4) is 17.2 Å². The number of hydrogen-bond acceptors (Lipinski definition) is 6. The van der Waals surface area contributed by atoms with Gasteiger partial charge in [0.15, 0.2) is 11.5 Å². The number of rotatable bonds is 12. The van der Waals surface area contributed by atoms with E-state index >= 15 is 0 Å². The van der Waals surface area contributed by atoms with Crippen molar-refractivity contribution in [3.63, 3.8) is 0 Å². The quantitative estimate of drug-likeness (QED) is 0.387. The van der Waals surface area contributed by atoms with E-state index in [2.05, 4.69) is 5.32 Å². The Morgan fingerprint density at radius 1 is 0.972 bits per heavy atom. The molecule has 3 aromatic rings. The van der Waals surface area contributed by atoms with Crippen LogP contribution in [0.4, 0.5) is 5.69 Å². The molecule has 0 aliphatic heterocycles. The van der Waals surface area contributed by atoms with Gasteiger partial charge < -0.3 is 19.5 Å². The number of nitrogens with zero attached hydrogens (tertiary/aromatic N) is 1. The van der Waals surface area contributed by atoms with Gasteiger partial charge in [0.2, 0.25) is 5.91 Å². The van der Waals surface area contributed by atoms with E-state index in [1.807, 2.05) is 26.8 Å². The van der Waals surface area contributed by atoms with Crippen molar-refractivity contribution in [3.05, 3.63) is 78.4 Å². The molecule has 0 aliphatic carbocycles. The predicted molar refractivity (Wildman–Crippen MR) is 139 cm³/mol. The summed E-state index contributed by atoms with van der Waals surface area (Å²) >= 11 is 0. The van der Waals surface area contributed by atoms with Gasteiger partial charge in [0.1, 0.15) is 12.3 Å². The Bertz CT molecular complexity index is 1250. The molecule has 192 valence electrons. The summed E-state index contributed by atoms with van der Waals surface area (Å²) in [6.07, 6.45) is -0.00963. The summed E-state index contributed by atoms with van der Waals surface area (Å²) < 4.78 is 44.6. The third-order valence-electron chi connectivity index (χ3n) is 5.13. The highest BCUT2D eigenvalue weighted by molar-refractivity contribution is 7.92. The van der Waals surface area contributed by atoms with Gasteiger partial charge in [-0.05, 0) is 74.9 Å².